The number of benzene rings is 1. The molecule has 1 aromatic carbocycles. The molecule has 5 heteroatoms. The standard InChI is InChI=1S/C13H15IN2O2/c14-12-9-11(5-6-13(12)16(17)18)15-8-7-10-3-1-2-4-10/h3,5-6,9,15H,1-2,4,7-8H2. The molecule has 1 N–H and O–H groups in total. The van der Waals surface area contributed by atoms with Gasteiger partial charge < -0.3 is 5.32 Å². The third kappa shape index (κ3) is 3.44. The minimum absolute atomic E-state index is 0.166. The second-order valence-electron chi connectivity index (χ2n) is 4.35. The number of rotatable bonds is 5. The molecule has 0 aliphatic heterocycles. The van der Waals surface area contributed by atoms with Gasteiger partial charge in [-0.2, -0.15) is 0 Å². The van der Waals surface area contributed by atoms with Gasteiger partial charge in [-0.05, 0) is 60.4 Å². The van der Waals surface area contributed by atoms with E-state index in [9.17, 15) is 10.1 Å². The molecule has 1 aliphatic rings. The molecule has 0 spiro atoms. The van der Waals surface area contributed by atoms with Crippen molar-refractivity contribution in [3.63, 3.8) is 0 Å². The summed E-state index contributed by atoms with van der Waals surface area (Å²) in [7, 11) is 0. The summed E-state index contributed by atoms with van der Waals surface area (Å²) in [4.78, 5) is 10.3. The predicted molar refractivity (Wildman–Crippen MR) is 80.9 cm³/mol. The van der Waals surface area contributed by atoms with Crippen molar-refractivity contribution in [2.45, 2.75) is 25.7 Å². The van der Waals surface area contributed by atoms with Gasteiger partial charge in [0.05, 0.1) is 8.49 Å². The van der Waals surface area contributed by atoms with Crippen LogP contribution >= 0.6 is 22.6 Å². The lowest BCUT2D eigenvalue weighted by Crippen LogP contribution is -2.03. The molecule has 0 atom stereocenters. The molecule has 0 heterocycles. The molecule has 18 heavy (non-hydrogen) atoms. The van der Waals surface area contributed by atoms with Crippen LogP contribution in [0.5, 0.6) is 0 Å². The number of anilines is 1. The molecule has 1 aliphatic carbocycles. The zero-order chi connectivity index (χ0) is 13.0. The second-order valence-corrected chi connectivity index (χ2v) is 5.52. The van der Waals surface area contributed by atoms with E-state index in [2.05, 4.69) is 11.4 Å². The van der Waals surface area contributed by atoms with Gasteiger partial charge in [-0.3, -0.25) is 10.1 Å². The average molecular weight is 358 g/mol. The molecule has 0 bridgehead atoms. The van der Waals surface area contributed by atoms with Crippen molar-refractivity contribution < 1.29 is 4.92 Å². The summed E-state index contributed by atoms with van der Waals surface area (Å²) >= 11 is 2.00. The Labute approximate surface area is 120 Å². The van der Waals surface area contributed by atoms with Gasteiger partial charge in [0.25, 0.3) is 5.69 Å². The third-order valence-corrected chi connectivity index (χ3v) is 3.92. The number of nitro benzene ring substituents is 1. The highest BCUT2D eigenvalue weighted by atomic mass is 127. The van der Waals surface area contributed by atoms with Crippen molar-refractivity contribution >= 4 is 34.0 Å². The predicted octanol–water partition coefficient (Wildman–Crippen LogP) is 4.11. The lowest BCUT2D eigenvalue weighted by Gasteiger charge is -2.07. The Morgan fingerprint density at radius 3 is 2.89 bits per heavy atom. The summed E-state index contributed by atoms with van der Waals surface area (Å²) in [5, 5.41) is 14.0. The molecular formula is C13H15IN2O2. The van der Waals surface area contributed by atoms with Crippen molar-refractivity contribution in [2.75, 3.05) is 11.9 Å². The van der Waals surface area contributed by atoms with E-state index < -0.39 is 0 Å². The minimum Gasteiger partial charge on any atom is -0.385 e. The van der Waals surface area contributed by atoms with Gasteiger partial charge in [0.1, 0.15) is 0 Å². The highest BCUT2D eigenvalue weighted by molar-refractivity contribution is 14.1. The molecular weight excluding hydrogens is 343 g/mol. The molecule has 1 aromatic rings. The number of nitrogens with zero attached hydrogens (tertiary/aromatic N) is 1. The molecule has 0 unspecified atom stereocenters. The van der Waals surface area contributed by atoms with Crippen LogP contribution in [0.4, 0.5) is 11.4 Å². The van der Waals surface area contributed by atoms with Crippen LogP contribution in [0.15, 0.2) is 29.8 Å². The number of hydrogen-bond donors (Lipinski definition) is 1. The van der Waals surface area contributed by atoms with Crippen molar-refractivity contribution in [1.29, 1.82) is 0 Å². The van der Waals surface area contributed by atoms with E-state index in [0.29, 0.717) is 3.57 Å². The SMILES string of the molecule is O=[N+]([O-])c1ccc(NCCC2=CCCC2)cc1I. The highest BCUT2D eigenvalue weighted by Crippen LogP contribution is 2.25. The van der Waals surface area contributed by atoms with Crippen LogP contribution < -0.4 is 5.32 Å². The topological polar surface area (TPSA) is 55.2 Å². The Bertz CT molecular complexity index is 486. The van der Waals surface area contributed by atoms with Gasteiger partial charge in [-0.15, -0.1) is 0 Å². The van der Waals surface area contributed by atoms with Gasteiger partial charge in [0, 0.05) is 18.3 Å². The van der Waals surface area contributed by atoms with E-state index in [0.717, 1.165) is 18.7 Å². The molecule has 0 saturated carbocycles. The number of nitrogens with one attached hydrogen (secondary N) is 1. The molecule has 2 rings (SSSR count). The molecule has 0 fully saturated rings. The smallest absolute Gasteiger partial charge is 0.282 e. The summed E-state index contributed by atoms with van der Waals surface area (Å²) < 4.78 is 0.669. The van der Waals surface area contributed by atoms with Crippen LogP contribution in [0, 0.1) is 13.7 Å². The Balaban J connectivity index is 1.89. The summed E-state index contributed by atoms with van der Waals surface area (Å²) in [5.41, 5.74) is 2.64. The first kappa shape index (κ1) is 13.3. The zero-order valence-corrected chi connectivity index (χ0v) is 12.1. The summed E-state index contributed by atoms with van der Waals surface area (Å²) in [5.74, 6) is 0. The van der Waals surface area contributed by atoms with E-state index in [1.807, 2.05) is 28.7 Å². The van der Waals surface area contributed by atoms with Crippen LogP contribution in [-0.4, -0.2) is 11.5 Å². The van der Waals surface area contributed by atoms with Gasteiger partial charge in [0.15, 0.2) is 0 Å². The molecule has 4 nitrogen and oxygen atoms in total. The largest absolute Gasteiger partial charge is 0.385 e. The van der Waals surface area contributed by atoms with E-state index in [4.69, 9.17) is 0 Å². The highest BCUT2D eigenvalue weighted by Gasteiger charge is 2.11. The molecule has 0 aromatic heterocycles. The fraction of sp³-hybridized carbons (Fsp3) is 0.385. The Kier molecular flexibility index (Phi) is 4.57. The maximum Gasteiger partial charge on any atom is 0.282 e. The van der Waals surface area contributed by atoms with Crippen molar-refractivity contribution in [3.05, 3.63) is 43.5 Å². The number of allylic oxidation sites excluding steroid dienone is 1. The van der Waals surface area contributed by atoms with Crippen LogP contribution in [0.25, 0.3) is 0 Å². The number of nitro groups is 1. The van der Waals surface area contributed by atoms with Gasteiger partial charge in [-0.1, -0.05) is 11.6 Å². The first-order valence-corrected chi connectivity index (χ1v) is 7.10. The van der Waals surface area contributed by atoms with Gasteiger partial charge in [-0.25, -0.2) is 0 Å². The molecule has 0 amide bonds. The van der Waals surface area contributed by atoms with Gasteiger partial charge in [0.2, 0.25) is 0 Å². The van der Waals surface area contributed by atoms with Crippen LogP contribution in [0.1, 0.15) is 25.7 Å². The van der Waals surface area contributed by atoms with E-state index in [-0.39, 0.29) is 10.6 Å². The number of halogens is 1. The molecule has 0 radical (unpaired) electrons. The van der Waals surface area contributed by atoms with E-state index in [1.165, 1.54) is 24.8 Å². The average Bonchev–Trinajstić information content (AvgIpc) is 2.81. The lowest BCUT2D eigenvalue weighted by atomic mass is 10.1. The molecule has 0 saturated heterocycles. The Morgan fingerprint density at radius 1 is 1.44 bits per heavy atom. The van der Waals surface area contributed by atoms with Crippen molar-refractivity contribution in [2.24, 2.45) is 0 Å². The summed E-state index contributed by atoms with van der Waals surface area (Å²) in [6.45, 7) is 0.889. The van der Waals surface area contributed by atoms with Crippen molar-refractivity contribution in [1.82, 2.24) is 0 Å². The fourth-order valence-corrected chi connectivity index (χ4v) is 2.81. The Hall–Kier alpha value is -1.11. The van der Waals surface area contributed by atoms with Crippen molar-refractivity contribution in [3.8, 4) is 0 Å². The first-order chi connectivity index (χ1) is 8.66. The van der Waals surface area contributed by atoms with Crippen LogP contribution in [-0.2, 0) is 0 Å². The molecule has 96 valence electrons. The quantitative estimate of drug-likeness (QED) is 0.373. The maximum atomic E-state index is 10.7. The lowest BCUT2D eigenvalue weighted by molar-refractivity contribution is -0.385. The van der Waals surface area contributed by atoms with Gasteiger partial charge >= 0.3 is 0 Å². The first-order valence-electron chi connectivity index (χ1n) is 6.02. The minimum atomic E-state index is -0.352. The fourth-order valence-electron chi connectivity index (χ4n) is 2.10. The zero-order valence-electron chi connectivity index (χ0n) is 9.99. The van der Waals surface area contributed by atoms with Crippen LogP contribution in [0.3, 0.4) is 0 Å². The normalized spacial score (nSPS) is 14.4. The number of hydrogen-bond acceptors (Lipinski definition) is 3. The summed E-state index contributed by atoms with van der Waals surface area (Å²) in [6.07, 6.45) is 7.10. The Morgan fingerprint density at radius 2 is 2.28 bits per heavy atom. The maximum absolute atomic E-state index is 10.7. The van der Waals surface area contributed by atoms with Crippen LogP contribution in [0.2, 0.25) is 0 Å². The van der Waals surface area contributed by atoms with E-state index >= 15 is 0 Å². The summed E-state index contributed by atoms with van der Waals surface area (Å²) in [6, 6.07) is 5.14. The second kappa shape index (κ2) is 6.17. The monoisotopic (exact) mass is 358 g/mol. The third-order valence-electron chi connectivity index (χ3n) is 3.05. The van der Waals surface area contributed by atoms with E-state index in [1.54, 1.807) is 12.1 Å².